The first-order valence-corrected chi connectivity index (χ1v) is 7.02. The average molecular weight is 267 g/mol. The van der Waals surface area contributed by atoms with Gasteiger partial charge in [0.05, 0.1) is 17.2 Å². The summed E-state index contributed by atoms with van der Waals surface area (Å²) in [4.78, 5) is 4.54. The van der Waals surface area contributed by atoms with Crippen molar-refractivity contribution in [2.45, 2.75) is 25.4 Å². The molecule has 1 N–H and O–H groups in total. The number of hydrogen-bond acceptors (Lipinski definition) is 4. The number of anilines is 1. The molecular formula is C16H17N3O. The first-order chi connectivity index (χ1) is 9.86. The lowest BCUT2D eigenvalue weighted by Gasteiger charge is -2.23. The van der Waals surface area contributed by atoms with E-state index in [1.54, 1.807) is 0 Å². The standard InChI is InChI=1S/C16H17N3O/c17-10-13-9-12-5-1-2-7-15(12)19-16(13)18-11-14-6-3-4-8-20-14/h1-2,5,7,9,14H,3-4,6,8,11H2,(H,18,19). The van der Waals surface area contributed by atoms with Gasteiger partial charge in [0.1, 0.15) is 11.9 Å². The van der Waals surface area contributed by atoms with Crippen LogP contribution >= 0.6 is 0 Å². The second kappa shape index (κ2) is 5.89. The number of fused-ring (bicyclic) bond motifs is 1. The Labute approximate surface area is 118 Å². The quantitative estimate of drug-likeness (QED) is 0.928. The molecule has 1 unspecified atom stereocenters. The van der Waals surface area contributed by atoms with Crippen LogP contribution in [0.5, 0.6) is 0 Å². The van der Waals surface area contributed by atoms with E-state index in [1.165, 1.54) is 6.42 Å². The molecule has 2 heterocycles. The lowest BCUT2D eigenvalue weighted by atomic mass is 10.1. The molecule has 1 aliphatic heterocycles. The normalized spacial score (nSPS) is 18.6. The number of aromatic nitrogens is 1. The highest BCUT2D eigenvalue weighted by atomic mass is 16.5. The van der Waals surface area contributed by atoms with E-state index in [1.807, 2.05) is 30.3 Å². The predicted molar refractivity (Wildman–Crippen MR) is 78.5 cm³/mol. The number of benzene rings is 1. The Balaban J connectivity index is 1.80. The van der Waals surface area contributed by atoms with E-state index in [0.29, 0.717) is 17.9 Å². The number of hydrogen-bond donors (Lipinski definition) is 1. The molecule has 0 spiro atoms. The van der Waals surface area contributed by atoms with Gasteiger partial charge < -0.3 is 10.1 Å². The number of ether oxygens (including phenoxy) is 1. The number of para-hydroxylation sites is 1. The van der Waals surface area contributed by atoms with Crippen molar-refractivity contribution < 1.29 is 4.74 Å². The van der Waals surface area contributed by atoms with Gasteiger partial charge in [0.2, 0.25) is 0 Å². The molecule has 102 valence electrons. The van der Waals surface area contributed by atoms with Crippen LogP contribution in [0.2, 0.25) is 0 Å². The van der Waals surface area contributed by atoms with Gasteiger partial charge in [-0.3, -0.25) is 0 Å². The van der Waals surface area contributed by atoms with Gasteiger partial charge in [-0.1, -0.05) is 18.2 Å². The first kappa shape index (κ1) is 12.9. The molecule has 1 saturated heterocycles. The van der Waals surface area contributed by atoms with Gasteiger partial charge in [-0.2, -0.15) is 5.26 Å². The Bertz CT molecular complexity index is 642. The Hall–Kier alpha value is -2.12. The molecule has 0 amide bonds. The largest absolute Gasteiger partial charge is 0.376 e. The molecule has 2 aromatic rings. The van der Waals surface area contributed by atoms with Crippen molar-refractivity contribution >= 4 is 16.7 Å². The van der Waals surface area contributed by atoms with Crippen LogP contribution in [0.25, 0.3) is 10.9 Å². The number of nitrogens with one attached hydrogen (secondary N) is 1. The third kappa shape index (κ3) is 2.73. The maximum atomic E-state index is 9.25. The molecule has 0 saturated carbocycles. The van der Waals surface area contributed by atoms with Gasteiger partial charge in [0.25, 0.3) is 0 Å². The predicted octanol–water partition coefficient (Wildman–Crippen LogP) is 3.09. The van der Waals surface area contributed by atoms with E-state index < -0.39 is 0 Å². The molecule has 0 aliphatic carbocycles. The van der Waals surface area contributed by atoms with E-state index in [2.05, 4.69) is 16.4 Å². The summed E-state index contributed by atoms with van der Waals surface area (Å²) >= 11 is 0. The zero-order valence-electron chi connectivity index (χ0n) is 11.3. The molecule has 1 aliphatic rings. The summed E-state index contributed by atoms with van der Waals surface area (Å²) < 4.78 is 5.69. The minimum atomic E-state index is 0.226. The Kier molecular flexibility index (Phi) is 3.80. The monoisotopic (exact) mass is 267 g/mol. The van der Waals surface area contributed by atoms with Crippen molar-refractivity contribution in [2.24, 2.45) is 0 Å². The van der Waals surface area contributed by atoms with Crippen molar-refractivity contribution in [1.29, 1.82) is 5.26 Å². The lowest BCUT2D eigenvalue weighted by molar-refractivity contribution is 0.0247. The topological polar surface area (TPSA) is 57.9 Å². The highest BCUT2D eigenvalue weighted by Gasteiger charge is 2.14. The summed E-state index contributed by atoms with van der Waals surface area (Å²) in [6, 6.07) is 11.9. The zero-order valence-corrected chi connectivity index (χ0v) is 11.3. The van der Waals surface area contributed by atoms with Crippen molar-refractivity contribution in [3.05, 3.63) is 35.9 Å². The van der Waals surface area contributed by atoms with Gasteiger partial charge >= 0.3 is 0 Å². The molecular weight excluding hydrogens is 250 g/mol. The third-order valence-electron chi connectivity index (χ3n) is 3.62. The fraction of sp³-hybridized carbons (Fsp3) is 0.375. The molecule has 1 aromatic heterocycles. The molecule has 1 atom stereocenters. The summed E-state index contributed by atoms with van der Waals surface area (Å²) in [6.45, 7) is 1.54. The molecule has 4 nitrogen and oxygen atoms in total. The van der Waals surface area contributed by atoms with Crippen molar-refractivity contribution in [3.8, 4) is 6.07 Å². The minimum Gasteiger partial charge on any atom is -0.376 e. The minimum absolute atomic E-state index is 0.226. The van der Waals surface area contributed by atoms with Crippen LogP contribution in [-0.4, -0.2) is 24.2 Å². The number of rotatable bonds is 3. The van der Waals surface area contributed by atoms with Crippen LogP contribution in [0.1, 0.15) is 24.8 Å². The van der Waals surface area contributed by atoms with Gasteiger partial charge in [-0.25, -0.2) is 4.98 Å². The van der Waals surface area contributed by atoms with Crippen LogP contribution in [0.3, 0.4) is 0 Å². The molecule has 4 heteroatoms. The molecule has 1 aromatic carbocycles. The Morgan fingerprint density at radius 1 is 1.35 bits per heavy atom. The fourth-order valence-corrected chi connectivity index (χ4v) is 2.51. The van der Waals surface area contributed by atoms with Crippen LogP contribution < -0.4 is 5.32 Å². The molecule has 20 heavy (non-hydrogen) atoms. The second-order valence-corrected chi connectivity index (χ2v) is 5.06. The fourth-order valence-electron chi connectivity index (χ4n) is 2.51. The molecule has 3 rings (SSSR count). The molecule has 1 fully saturated rings. The SMILES string of the molecule is N#Cc1cc2ccccc2nc1NCC1CCCCO1. The summed E-state index contributed by atoms with van der Waals surface area (Å²) in [7, 11) is 0. The van der Waals surface area contributed by atoms with Crippen LogP contribution in [0.4, 0.5) is 5.82 Å². The van der Waals surface area contributed by atoms with Crippen LogP contribution in [0.15, 0.2) is 30.3 Å². The van der Waals surface area contributed by atoms with Crippen molar-refractivity contribution in [3.63, 3.8) is 0 Å². The van der Waals surface area contributed by atoms with Crippen LogP contribution in [-0.2, 0) is 4.74 Å². The summed E-state index contributed by atoms with van der Waals surface area (Å²) in [6.07, 6.45) is 3.66. The summed E-state index contributed by atoms with van der Waals surface area (Å²) in [5, 5.41) is 13.5. The van der Waals surface area contributed by atoms with Gasteiger partial charge in [0, 0.05) is 18.5 Å². The van der Waals surface area contributed by atoms with E-state index in [9.17, 15) is 5.26 Å². The summed E-state index contributed by atoms with van der Waals surface area (Å²) in [5.74, 6) is 0.653. The summed E-state index contributed by atoms with van der Waals surface area (Å²) in [5.41, 5.74) is 1.48. The molecule has 0 bridgehead atoms. The number of nitriles is 1. The first-order valence-electron chi connectivity index (χ1n) is 7.02. The van der Waals surface area contributed by atoms with Gasteiger partial charge in [0.15, 0.2) is 0 Å². The maximum Gasteiger partial charge on any atom is 0.144 e. The van der Waals surface area contributed by atoms with Crippen LogP contribution in [0, 0.1) is 11.3 Å². The average Bonchev–Trinajstić information content (AvgIpc) is 2.53. The molecule has 0 radical (unpaired) electrons. The van der Waals surface area contributed by atoms with E-state index in [0.717, 1.165) is 30.4 Å². The highest BCUT2D eigenvalue weighted by Crippen LogP contribution is 2.20. The van der Waals surface area contributed by atoms with Gasteiger partial charge in [-0.05, 0) is 31.4 Å². The Morgan fingerprint density at radius 2 is 2.25 bits per heavy atom. The van der Waals surface area contributed by atoms with Crippen molar-refractivity contribution in [2.75, 3.05) is 18.5 Å². The lowest BCUT2D eigenvalue weighted by Crippen LogP contribution is -2.27. The highest BCUT2D eigenvalue weighted by molar-refractivity contribution is 5.82. The van der Waals surface area contributed by atoms with E-state index in [4.69, 9.17) is 4.74 Å². The number of pyridine rings is 1. The Morgan fingerprint density at radius 3 is 3.05 bits per heavy atom. The van der Waals surface area contributed by atoms with E-state index >= 15 is 0 Å². The van der Waals surface area contributed by atoms with Crippen molar-refractivity contribution in [1.82, 2.24) is 4.98 Å². The zero-order chi connectivity index (χ0) is 13.8. The maximum absolute atomic E-state index is 9.25. The van der Waals surface area contributed by atoms with E-state index in [-0.39, 0.29) is 6.10 Å². The third-order valence-corrected chi connectivity index (χ3v) is 3.62. The second-order valence-electron chi connectivity index (χ2n) is 5.06. The number of nitrogens with zero attached hydrogens (tertiary/aromatic N) is 2. The smallest absolute Gasteiger partial charge is 0.144 e. The van der Waals surface area contributed by atoms with Gasteiger partial charge in [-0.15, -0.1) is 0 Å².